The number of hydrogen-bond acceptors (Lipinski definition) is 12. The van der Waals surface area contributed by atoms with E-state index in [1.54, 1.807) is 0 Å². The van der Waals surface area contributed by atoms with E-state index in [2.05, 4.69) is 0 Å². The van der Waals surface area contributed by atoms with E-state index in [1.807, 2.05) is 19.6 Å². The fourth-order valence-corrected chi connectivity index (χ4v) is 3.91. The van der Waals surface area contributed by atoms with E-state index in [0.717, 1.165) is 0 Å². The van der Waals surface area contributed by atoms with Crippen LogP contribution in [0.25, 0.3) is 0 Å². The van der Waals surface area contributed by atoms with Crippen molar-refractivity contribution in [3.63, 3.8) is 0 Å². The molecule has 0 aliphatic carbocycles. The SMILES string of the molecule is OCCN(CCO)C(CC(N(CCO)CCO)N(CCO)CCO)N(CCO)CCO. The second-order valence-corrected chi connectivity index (χ2v) is 7.13. The van der Waals surface area contributed by atoms with Gasteiger partial charge < -0.3 is 40.9 Å². The highest BCUT2D eigenvalue weighted by Gasteiger charge is 2.33. The fraction of sp³-hybridized carbons (Fsp3) is 1.00. The molecule has 188 valence electrons. The molecule has 0 bridgehead atoms. The Morgan fingerprint density at radius 3 is 0.613 bits per heavy atom. The smallest absolute Gasteiger partial charge is 0.0653 e. The lowest BCUT2D eigenvalue weighted by molar-refractivity contribution is -0.0575. The van der Waals surface area contributed by atoms with Gasteiger partial charge in [0.05, 0.1) is 65.2 Å². The molecule has 0 amide bonds. The zero-order valence-electron chi connectivity index (χ0n) is 18.5. The second-order valence-electron chi connectivity index (χ2n) is 7.13. The summed E-state index contributed by atoms with van der Waals surface area (Å²) in [4.78, 5) is 7.41. The van der Waals surface area contributed by atoms with Crippen molar-refractivity contribution in [3.8, 4) is 0 Å². The summed E-state index contributed by atoms with van der Waals surface area (Å²) in [5.41, 5.74) is 0. The minimum Gasteiger partial charge on any atom is -0.395 e. The molecule has 0 unspecified atom stereocenters. The predicted molar refractivity (Wildman–Crippen MR) is 115 cm³/mol. The third kappa shape index (κ3) is 11.8. The average molecular weight is 457 g/mol. The number of nitrogens with zero attached hydrogens (tertiary/aromatic N) is 4. The zero-order chi connectivity index (χ0) is 23.5. The molecule has 0 radical (unpaired) electrons. The second kappa shape index (κ2) is 20.1. The van der Waals surface area contributed by atoms with Gasteiger partial charge in [-0.05, 0) is 0 Å². The maximum Gasteiger partial charge on any atom is 0.0653 e. The van der Waals surface area contributed by atoms with E-state index < -0.39 is 12.3 Å². The highest BCUT2D eigenvalue weighted by Crippen LogP contribution is 2.19. The molecule has 8 N–H and O–H groups in total. The summed E-state index contributed by atoms with van der Waals surface area (Å²) in [7, 11) is 0. The normalized spacial score (nSPS) is 12.6. The molecule has 0 aromatic heterocycles. The number of rotatable bonds is 22. The molecule has 12 nitrogen and oxygen atoms in total. The summed E-state index contributed by atoms with van der Waals surface area (Å²) >= 11 is 0. The topological polar surface area (TPSA) is 175 Å². The third-order valence-corrected chi connectivity index (χ3v) is 5.21. The van der Waals surface area contributed by atoms with Crippen molar-refractivity contribution in [2.45, 2.75) is 18.8 Å². The van der Waals surface area contributed by atoms with Crippen molar-refractivity contribution in [2.24, 2.45) is 0 Å². The quantitative estimate of drug-likeness (QED) is 0.0731. The van der Waals surface area contributed by atoms with Gasteiger partial charge in [-0.25, -0.2) is 0 Å². The van der Waals surface area contributed by atoms with Gasteiger partial charge in [-0.3, -0.25) is 19.6 Å². The molecule has 31 heavy (non-hydrogen) atoms. The van der Waals surface area contributed by atoms with Crippen LogP contribution in [0.15, 0.2) is 0 Å². The number of aliphatic hydroxyl groups is 8. The Hall–Kier alpha value is -0.480. The maximum absolute atomic E-state index is 9.55. The molecular formula is C19H44N4O8. The van der Waals surface area contributed by atoms with Crippen LogP contribution in [0.1, 0.15) is 6.42 Å². The van der Waals surface area contributed by atoms with E-state index in [9.17, 15) is 40.9 Å². The van der Waals surface area contributed by atoms with Crippen LogP contribution in [0.2, 0.25) is 0 Å². The zero-order valence-corrected chi connectivity index (χ0v) is 18.5. The highest BCUT2D eigenvalue weighted by atomic mass is 16.3. The predicted octanol–water partition coefficient (Wildman–Crippen LogP) is -4.82. The van der Waals surface area contributed by atoms with Gasteiger partial charge in [-0.1, -0.05) is 0 Å². The van der Waals surface area contributed by atoms with Crippen LogP contribution in [0.5, 0.6) is 0 Å². The minimum absolute atomic E-state index is 0.152. The van der Waals surface area contributed by atoms with Crippen LogP contribution in [0.4, 0.5) is 0 Å². The lowest BCUT2D eigenvalue weighted by Crippen LogP contribution is -2.59. The Bertz CT molecular complexity index is 310. The van der Waals surface area contributed by atoms with Gasteiger partial charge in [-0.15, -0.1) is 0 Å². The molecule has 0 saturated carbocycles. The molecule has 0 fully saturated rings. The Labute approximate surface area is 185 Å². The maximum atomic E-state index is 9.55. The van der Waals surface area contributed by atoms with Crippen LogP contribution in [0, 0.1) is 0 Å². The number of aliphatic hydroxyl groups excluding tert-OH is 8. The van der Waals surface area contributed by atoms with E-state index >= 15 is 0 Å². The van der Waals surface area contributed by atoms with Crippen molar-refractivity contribution >= 4 is 0 Å². The molecule has 0 spiro atoms. The van der Waals surface area contributed by atoms with Gasteiger partial charge in [0.2, 0.25) is 0 Å². The van der Waals surface area contributed by atoms with Gasteiger partial charge in [-0.2, -0.15) is 0 Å². The van der Waals surface area contributed by atoms with Crippen LogP contribution in [-0.2, 0) is 0 Å². The summed E-state index contributed by atoms with van der Waals surface area (Å²) in [6.07, 6.45) is -0.466. The highest BCUT2D eigenvalue weighted by molar-refractivity contribution is 4.83. The van der Waals surface area contributed by atoms with Gasteiger partial charge in [0.25, 0.3) is 0 Å². The molecule has 0 atom stereocenters. The summed E-state index contributed by atoms with van der Waals surface area (Å²) in [6.45, 7) is 0.830. The fourth-order valence-electron chi connectivity index (χ4n) is 3.91. The monoisotopic (exact) mass is 456 g/mol. The Kier molecular flexibility index (Phi) is 19.8. The van der Waals surface area contributed by atoms with Crippen molar-refractivity contribution < 1.29 is 40.9 Å². The molecule has 0 heterocycles. The van der Waals surface area contributed by atoms with E-state index in [0.29, 0.717) is 6.42 Å². The van der Waals surface area contributed by atoms with Crippen LogP contribution < -0.4 is 0 Å². The standard InChI is InChI=1S/C19H44N4O8/c24-9-1-20(2-10-25)18(21(3-11-26)4-12-27)17-19(22(5-13-28)6-14-29)23(7-15-30)8-16-31/h18-19,24-31H,1-17H2. The van der Waals surface area contributed by atoms with Crippen LogP contribution in [-0.4, -0.2) is 178 Å². The first kappa shape index (κ1) is 30.5. The third-order valence-electron chi connectivity index (χ3n) is 5.21. The lowest BCUT2D eigenvalue weighted by Gasteiger charge is -2.46. The lowest BCUT2D eigenvalue weighted by atomic mass is 10.1. The Balaban J connectivity index is 6.12. The molecule has 0 saturated heterocycles. The number of hydrogen-bond donors (Lipinski definition) is 8. The summed E-state index contributed by atoms with van der Waals surface area (Å²) in [5.74, 6) is 0. The average Bonchev–Trinajstić information content (AvgIpc) is 2.74. The Morgan fingerprint density at radius 2 is 0.484 bits per heavy atom. The molecule has 0 aliphatic rings. The molecule has 0 aromatic carbocycles. The summed E-state index contributed by atoms with van der Waals surface area (Å²) < 4.78 is 0. The molecule has 0 aromatic rings. The first-order valence-electron chi connectivity index (χ1n) is 10.9. The van der Waals surface area contributed by atoms with Crippen LogP contribution in [0.3, 0.4) is 0 Å². The largest absolute Gasteiger partial charge is 0.395 e. The molecule has 0 rings (SSSR count). The summed E-state index contributed by atoms with van der Waals surface area (Å²) in [6, 6.07) is 0. The minimum atomic E-state index is -0.414. The van der Waals surface area contributed by atoms with E-state index in [4.69, 9.17) is 0 Å². The van der Waals surface area contributed by atoms with Crippen molar-refractivity contribution in [1.82, 2.24) is 19.6 Å². The van der Waals surface area contributed by atoms with Gasteiger partial charge in [0.15, 0.2) is 0 Å². The molecule has 0 aliphatic heterocycles. The summed E-state index contributed by atoms with van der Waals surface area (Å²) in [5, 5.41) is 76.4. The molecule has 12 heteroatoms. The van der Waals surface area contributed by atoms with Gasteiger partial charge in [0.1, 0.15) is 0 Å². The Morgan fingerprint density at radius 1 is 0.323 bits per heavy atom. The molecular weight excluding hydrogens is 412 g/mol. The van der Waals surface area contributed by atoms with Crippen molar-refractivity contribution in [1.29, 1.82) is 0 Å². The first-order valence-corrected chi connectivity index (χ1v) is 10.9. The first-order chi connectivity index (χ1) is 15.1. The van der Waals surface area contributed by atoms with Gasteiger partial charge >= 0.3 is 0 Å². The van der Waals surface area contributed by atoms with Gasteiger partial charge in [0, 0.05) is 58.8 Å². The van der Waals surface area contributed by atoms with Crippen LogP contribution >= 0.6 is 0 Å². The van der Waals surface area contributed by atoms with Crippen molar-refractivity contribution in [2.75, 3.05) is 105 Å². The van der Waals surface area contributed by atoms with E-state index in [-0.39, 0.29) is 105 Å². The van der Waals surface area contributed by atoms with E-state index in [1.165, 1.54) is 0 Å². The van der Waals surface area contributed by atoms with Crippen molar-refractivity contribution in [3.05, 3.63) is 0 Å².